The van der Waals surface area contributed by atoms with Crippen molar-refractivity contribution in [3.63, 3.8) is 0 Å². The van der Waals surface area contributed by atoms with Crippen molar-refractivity contribution in [1.82, 2.24) is 5.32 Å². The number of ether oxygens (including phenoxy) is 2. The Balaban J connectivity index is 1.64. The van der Waals surface area contributed by atoms with Gasteiger partial charge in [0.15, 0.2) is 0 Å². The number of hydrogen-bond acceptors (Lipinski definition) is 5. The molecule has 1 atom stereocenters. The van der Waals surface area contributed by atoms with Crippen LogP contribution in [0.5, 0.6) is 11.5 Å². The highest BCUT2D eigenvalue weighted by molar-refractivity contribution is 7.85. The lowest BCUT2D eigenvalue weighted by molar-refractivity contribution is 0.103. The third kappa shape index (κ3) is 5.65. The Bertz CT molecular complexity index is 441. The average Bonchev–Trinajstić information content (AvgIpc) is 2.53. The first kappa shape index (κ1) is 16.3. The Labute approximate surface area is 128 Å². The van der Waals surface area contributed by atoms with E-state index in [2.05, 4.69) is 5.32 Å². The van der Waals surface area contributed by atoms with Gasteiger partial charge < -0.3 is 19.9 Å². The molecule has 1 fully saturated rings. The number of benzene rings is 1. The molecule has 1 aliphatic heterocycles. The fourth-order valence-corrected chi connectivity index (χ4v) is 3.52. The summed E-state index contributed by atoms with van der Waals surface area (Å²) in [5.74, 6) is 3.01. The van der Waals surface area contributed by atoms with Crippen molar-refractivity contribution in [2.75, 3.05) is 31.8 Å². The fraction of sp³-hybridized carbons (Fsp3) is 0.600. The van der Waals surface area contributed by atoms with Crippen LogP contribution in [0.1, 0.15) is 12.8 Å². The van der Waals surface area contributed by atoms with E-state index in [1.54, 1.807) is 7.11 Å². The van der Waals surface area contributed by atoms with Gasteiger partial charge in [-0.05, 0) is 37.1 Å². The predicted molar refractivity (Wildman–Crippen MR) is 83.4 cm³/mol. The van der Waals surface area contributed by atoms with Crippen molar-refractivity contribution < 1.29 is 18.8 Å². The van der Waals surface area contributed by atoms with Crippen LogP contribution < -0.4 is 14.8 Å². The van der Waals surface area contributed by atoms with E-state index in [9.17, 15) is 9.32 Å². The maximum atomic E-state index is 11.3. The second-order valence-corrected chi connectivity index (χ2v) is 6.87. The van der Waals surface area contributed by atoms with E-state index in [0.29, 0.717) is 18.3 Å². The van der Waals surface area contributed by atoms with Gasteiger partial charge in [0, 0.05) is 34.9 Å². The molecule has 118 valence electrons. The number of hydrogen-bond donors (Lipinski definition) is 2. The second kappa shape index (κ2) is 8.36. The summed E-state index contributed by atoms with van der Waals surface area (Å²) in [5.41, 5.74) is 0. The summed E-state index contributed by atoms with van der Waals surface area (Å²) in [5, 5.41) is 13.2. The maximum absolute atomic E-state index is 11.3. The van der Waals surface area contributed by atoms with Crippen LogP contribution in [0.25, 0.3) is 0 Å². The van der Waals surface area contributed by atoms with Crippen molar-refractivity contribution in [2.24, 2.45) is 0 Å². The van der Waals surface area contributed by atoms with Gasteiger partial charge in [0.25, 0.3) is 0 Å². The lowest BCUT2D eigenvalue weighted by Crippen LogP contribution is -2.41. The van der Waals surface area contributed by atoms with Crippen LogP contribution in [-0.4, -0.2) is 53.2 Å². The third-order valence-electron chi connectivity index (χ3n) is 3.53. The van der Waals surface area contributed by atoms with Crippen LogP contribution in [0.3, 0.4) is 0 Å². The Kier molecular flexibility index (Phi) is 6.48. The van der Waals surface area contributed by atoms with Crippen LogP contribution in [0.15, 0.2) is 24.3 Å². The van der Waals surface area contributed by atoms with E-state index < -0.39 is 16.9 Å². The third-order valence-corrected chi connectivity index (χ3v) is 4.91. The lowest BCUT2D eigenvalue weighted by atomic mass is 10.1. The molecular weight excluding hydrogens is 290 g/mol. The van der Waals surface area contributed by atoms with E-state index in [4.69, 9.17) is 9.47 Å². The zero-order valence-corrected chi connectivity index (χ0v) is 13.1. The summed E-state index contributed by atoms with van der Waals surface area (Å²) < 4.78 is 21.9. The first-order chi connectivity index (χ1) is 10.2. The van der Waals surface area contributed by atoms with Gasteiger partial charge in [-0.1, -0.05) is 0 Å². The van der Waals surface area contributed by atoms with Gasteiger partial charge in [0.2, 0.25) is 0 Å². The molecule has 1 aliphatic rings. The number of nitrogens with one attached hydrogen (secondary N) is 1. The Morgan fingerprint density at radius 2 is 1.90 bits per heavy atom. The predicted octanol–water partition coefficient (Wildman–Crippen LogP) is 0.936. The fourth-order valence-electron chi connectivity index (χ4n) is 2.22. The summed E-state index contributed by atoms with van der Waals surface area (Å²) >= 11 is 0. The largest absolute Gasteiger partial charge is 0.497 e. The standard InChI is InChI=1S/C15H23NO4S/c1-19-14-2-4-15(5-3-14)20-11-13(17)10-16-12-6-8-21(18)9-7-12/h2-5,12-13,16-17H,6-11H2,1H3. The number of rotatable bonds is 7. The van der Waals surface area contributed by atoms with Gasteiger partial charge in [-0.3, -0.25) is 4.21 Å². The van der Waals surface area contributed by atoms with Gasteiger partial charge in [0.05, 0.1) is 7.11 Å². The zero-order chi connectivity index (χ0) is 15.1. The number of aliphatic hydroxyl groups excluding tert-OH is 1. The molecule has 1 aromatic rings. The molecular formula is C15H23NO4S. The maximum Gasteiger partial charge on any atom is 0.119 e. The van der Waals surface area contributed by atoms with E-state index in [-0.39, 0.29) is 6.61 Å². The minimum atomic E-state index is -0.644. The molecule has 0 radical (unpaired) electrons. The molecule has 0 saturated carbocycles. The quantitative estimate of drug-likeness (QED) is 0.784. The first-order valence-corrected chi connectivity index (χ1v) is 8.69. The van der Waals surface area contributed by atoms with Crippen LogP contribution >= 0.6 is 0 Å². The Hall–Kier alpha value is -1.11. The van der Waals surface area contributed by atoms with Crippen molar-refractivity contribution in [2.45, 2.75) is 25.0 Å². The molecule has 2 N–H and O–H groups in total. The van der Waals surface area contributed by atoms with Crippen LogP contribution in [0.4, 0.5) is 0 Å². The Morgan fingerprint density at radius 1 is 1.29 bits per heavy atom. The first-order valence-electron chi connectivity index (χ1n) is 7.20. The minimum Gasteiger partial charge on any atom is -0.497 e. The smallest absolute Gasteiger partial charge is 0.119 e. The second-order valence-electron chi connectivity index (χ2n) is 5.17. The van der Waals surface area contributed by atoms with E-state index in [1.807, 2.05) is 24.3 Å². The Morgan fingerprint density at radius 3 is 2.52 bits per heavy atom. The number of methoxy groups -OCH3 is 1. The molecule has 6 heteroatoms. The molecule has 1 aromatic carbocycles. The van der Waals surface area contributed by atoms with Gasteiger partial charge in [-0.2, -0.15) is 0 Å². The molecule has 0 aliphatic carbocycles. The SMILES string of the molecule is COc1ccc(OCC(O)CNC2CCS(=O)CC2)cc1. The molecule has 21 heavy (non-hydrogen) atoms. The van der Waals surface area contributed by atoms with E-state index in [1.165, 1.54) is 0 Å². The molecule has 0 spiro atoms. The summed E-state index contributed by atoms with van der Waals surface area (Å²) in [7, 11) is 0.973. The molecule has 1 unspecified atom stereocenters. The van der Waals surface area contributed by atoms with Gasteiger partial charge in [-0.25, -0.2) is 0 Å². The normalized spacial score (nSPS) is 23.5. The van der Waals surface area contributed by atoms with Crippen molar-refractivity contribution >= 4 is 10.8 Å². The lowest BCUT2D eigenvalue weighted by Gasteiger charge is -2.24. The van der Waals surface area contributed by atoms with Crippen LogP contribution in [0, 0.1) is 0 Å². The van der Waals surface area contributed by atoms with Crippen molar-refractivity contribution in [3.8, 4) is 11.5 Å². The van der Waals surface area contributed by atoms with Gasteiger partial charge >= 0.3 is 0 Å². The highest BCUT2D eigenvalue weighted by atomic mass is 32.2. The number of aliphatic hydroxyl groups is 1. The summed E-state index contributed by atoms with van der Waals surface area (Å²) in [6.07, 6.45) is 1.27. The molecule has 0 amide bonds. The highest BCUT2D eigenvalue weighted by Crippen LogP contribution is 2.17. The summed E-state index contributed by atoms with van der Waals surface area (Å²) in [6.45, 7) is 0.742. The molecule has 1 heterocycles. The molecule has 5 nitrogen and oxygen atoms in total. The van der Waals surface area contributed by atoms with Crippen LogP contribution in [0.2, 0.25) is 0 Å². The van der Waals surface area contributed by atoms with Crippen molar-refractivity contribution in [1.29, 1.82) is 0 Å². The topological polar surface area (TPSA) is 67.8 Å². The molecule has 2 rings (SSSR count). The highest BCUT2D eigenvalue weighted by Gasteiger charge is 2.18. The monoisotopic (exact) mass is 313 g/mol. The summed E-state index contributed by atoms with van der Waals surface area (Å²) in [4.78, 5) is 0. The molecule has 0 bridgehead atoms. The van der Waals surface area contributed by atoms with Gasteiger partial charge in [-0.15, -0.1) is 0 Å². The zero-order valence-electron chi connectivity index (χ0n) is 12.3. The summed E-state index contributed by atoms with van der Waals surface area (Å²) in [6, 6.07) is 7.63. The van der Waals surface area contributed by atoms with Crippen molar-refractivity contribution in [3.05, 3.63) is 24.3 Å². The molecule has 0 aromatic heterocycles. The van der Waals surface area contributed by atoms with E-state index >= 15 is 0 Å². The van der Waals surface area contributed by atoms with Crippen LogP contribution in [-0.2, 0) is 10.8 Å². The minimum absolute atomic E-state index is 0.248. The average molecular weight is 313 g/mol. The molecule has 1 saturated heterocycles. The van der Waals surface area contributed by atoms with E-state index in [0.717, 1.165) is 30.1 Å². The van der Waals surface area contributed by atoms with Gasteiger partial charge in [0.1, 0.15) is 24.2 Å².